The van der Waals surface area contributed by atoms with Gasteiger partial charge < -0.3 is 0 Å². The molecule has 3 nitrogen and oxygen atoms in total. The van der Waals surface area contributed by atoms with E-state index in [-0.39, 0.29) is 15.4 Å². The minimum Gasteiger partial charge on any atom is -0.225 e. The van der Waals surface area contributed by atoms with Crippen molar-refractivity contribution in [2.75, 3.05) is 0 Å². The van der Waals surface area contributed by atoms with Crippen molar-refractivity contribution in [1.29, 1.82) is 0 Å². The van der Waals surface area contributed by atoms with E-state index in [1.54, 1.807) is 0 Å². The van der Waals surface area contributed by atoms with Crippen LogP contribution in [0.2, 0.25) is 0 Å². The Morgan fingerprint density at radius 1 is 1.60 bits per heavy atom. The van der Waals surface area contributed by atoms with Crippen LogP contribution < -0.4 is 5.84 Å². The summed E-state index contributed by atoms with van der Waals surface area (Å²) in [4.78, 5) is 0. The summed E-state index contributed by atoms with van der Waals surface area (Å²) in [6.07, 6.45) is 3.33. The number of hydrogen-bond donors (Lipinski definition) is 1. The molecule has 0 aliphatic carbocycles. The summed E-state index contributed by atoms with van der Waals surface area (Å²) < 4.78 is 12.4. The van der Waals surface area contributed by atoms with Gasteiger partial charge in [-0.1, -0.05) is 32.9 Å². The van der Waals surface area contributed by atoms with Gasteiger partial charge in [0.15, 0.2) is 0 Å². The molecule has 0 spiro atoms. The zero-order chi connectivity index (χ0) is 7.72. The van der Waals surface area contributed by atoms with Gasteiger partial charge in [0, 0.05) is 0 Å². The van der Waals surface area contributed by atoms with E-state index >= 15 is 0 Å². The molecule has 6 heteroatoms. The second kappa shape index (κ2) is 2.65. The van der Waals surface area contributed by atoms with Gasteiger partial charge in [-0.15, -0.1) is 0 Å². The molecular weight excluding hydrogens is 180 g/mol. The topological polar surface area (TPSA) is 32.5 Å². The van der Waals surface area contributed by atoms with Gasteiger partial charge in [0.25, 0.3) is 0 Å². The quantitative estimate of drug-likeness (QED) is 0.348. The second-order valence-electron chi connectivity index (χ2n) is 1.53. The third-order valence-corrected chi connectivity index (χ3v) is 1.33. The first-order chi connectivity index (χ1) is 4.61. The number of halogens is 3. The Morgan fingerprint density at radius 3 is 2.70 bits per heavy atom. The summed E-state index contributed by atoms with van der Waals surface area (Å²) in [6, 6.07) is 0. The fourth-order valence-electron chi connectivity index (χ4n) is 0.429. The van der Waals surface area contributed by atoms with Crippen LogP contribution in [0.4, 0.5) is 4.48 Å². The number of rotatable bonds is 0. The lowest BCUT2D eigenvalue weighted by Crippen LogP contribution is -2.39. The number of nitrogens with two attached hydrogens (primary N) is 1. The number of hydrogen-bond acceptors (Lipinski definition) is 3. The molecule has 0 aromatic heterocycles. The van der Waals surface area contributed by atoms with Gasteiger partial charge in [-0.3, -0.25) is 0 Å². The second-order valence-corrected chi connectivity index (χ2v) is 2.33. The van der Waals surface area contributed by atoms with Crippen molar-refractivity contribution in [3.8, 4) is 0 Å². The molecule has 1 aliphatic heterocycles. The molecule has 55 valence electrons. The van der Waals surface area contributed by atoms with Gasteiger partial charge in [-0.25, -0.2) is 5.84 Å². The van der Waals surface area contributed by atoms with Gasteiger partial charge in [0.05, 0.1) is 5.03 Å². The Hall–Kier alpha value is -0.450. The van der Waals surface area contributed by atoms with Crippen molar-refractivity contribution in [3.05, 3.63) is 22.5 Å². The van der Waals surface area contributed by atoms with Gasteiger partial charge in [0.1, 0.15) is 11.4 Å². The first kappa shape index (κ1) is 7.65. The van der Waals surface area contributed by atoms with Crippen LogP contribution in [0.25, 0.3) is 0 Å². The van der Waals surface area contributed by atoms with Crippen molar-refractivity contribution in [1.82, 2.24) is 10.3 Å². The molecule has 0 unspecified atom stereocenters. The molecule has 0 saturated carbocycles. The van der Waals surface area contributed by atoms with Gasteiger partial charge in [0.2, 0.25) is 0 Å². The van der Waals surface area contributed by atoms with E-state index in [2.05, 4.69) is 0 Å². The van der Waals surface area contributed by atoms with Crippen molar-refractivity contribution in [2.45, 2.75) is 0 Å². The van der Waals surface area contributed by atoms with Crippen LogP contribution in [-0.4, -0.2) is 10.3 Å². The lowest BCUT2D eigenvalue weighted by Gasteiger charge is -2.23. The summed E-state index contributed by atoms with van der Waals surface area (Å²) in [5.74, 6) is 5.03. The van der Waals surface area contributed by atoms with E-state index in [0.29, 0.717) is 5.12 Å². The summed E-state index contributed by atoms with van der Waals surface area (Å²) in [5, 5.41) is 0.582. The maximum absolute atomic E-state index is 12.4. The van der Waals surface area contributed by atoms with E-state index in [9.17, 15) is 4.48 Å². The highest BCUT2D eigenvalue weighted by atomic mass is 35.5. The van der Waals surface area contributed by atoms with Crippen LogP contribution in [-0.2, 0) is 0 Å². The van der Waals surface area contributed by atoms with Crippen LogP contribution in [0.1, 0.15) is 0 Å². The van der Waals surface area contributed by atoms with Crippen LogP contribution in [0.15, 0.2) is 16.3 Å². The normalized spacial score (nSPS) is 18.8. The average Bonchev–Trinajstić information content (AvgIpc) is 1.82. The minimum atomic E-state index is -0.0370. The zero-order valence-electron chi connectivity index (χ0n) is 4.68. The number of nitrogens with zero attached hydrogens (tertiary/aromatic N) is 2. The predicted molar refractivity (Wildman–Crippen MR) is 35.5 cm³/mol. The molecule has 0 atom stereocenters. The number of allylic oxidation sites excluding steroid dienone is 2. The van der Waals surface area contributed by atoms with E-state index in [0.717, 1.165) is 0 Å². The molecule has 0 bridgehead atoms. The summed E-state index contributed by atoms with van der Waals surface area (Å²) in [6.45, 7) is 0. The summed E-state index contributed by atoms with van der Waals surface area (Å²) in [5.41, 5.74) is 0. The average molecular weight is 183 g/mol. The van der Waals surface area contributed by atoms with Crippen LogP contribution in [0, 0.1) is 6.20 Å². The highest BCUT2D eigenvalue weighted by Crippen LogP contribution is 2.20. The van der Waals surface area contributed by atoms with E-state index in [4.69, 9.17) is 29.0 Å². The zero-order valence-corrected chi connectivity index (χ0v) is 6.19. The maximum Gasteiger partial charge on any atom is 0.145 e. The van der Waals surface area contributed by atoms with E-state index in [1.807, 2.05) is 6.20 Å². The molecule has 0 aromatic rings. The Morgan fingerprint density at radius 2 is 2.20 bits per heavy atom. The van der Waals surface area contributed by atoms with Crippen molar-refractivity contribution in [3.63, 3.8) is 0 Å². The fourth-order valence-corrected chi connectivity index (χ4v) is 0.833. The molecule has 2 N–H and O–H groups in total. The Labute approximate surface area is 67.0 Å². The van der Waals surface area contributed by atoms with Crippen molar-refractivity contribution in [2.24, 2.45) is 5.84 Å². The molecular formula is C4H3Cl2FN3. The smallest absolute Gasteiger partial charge is 0.145 e. The van der Waals surface area contributed by atoms with Gasteiger partial charge >= 0.3 is 0 Å². The molecule has 1 heterocycles. The lowest BCUT2D eigenvalue weighted by atomic mass is 10.5. The highest BCUT2D eigenvalue weighted by Gasteiger charge is 2.15. The predicted octanol–water partition coefficient (Wildman–Crippen LogP) is 1.24. The molecule has 1 aliphatic rings. The first-order valence-electron chi connectivity index (χ1n) is 2.28. The fraction of sp³-hybridized carbons (Fsp3) is 0. The van der Waals surface area contributed by atoms with Crippen LogP contribution >= 0.6 is 23.2 Å². The third kappa shape index (κ3) is 1.34. The molecule has 1 radical (unpaired) electrons. The summed E-state index contributed by atoms with van der Waals surface area (Å²) >= 11 is 10.7. The molecule has 0 fully saturated rings. The van der Waals surface area contributed by atoms with E-state index in [1.165, 1.54) is 6.08 Å². The first-order valence-corrected chi connectivity index (χ1v) is 3.04. The van der Waals surface area contributed by atoms with Crippen LogP contribution in [0.3, 0.4) is 0 Å². The SMILES string of the molecule is NN1C(Cl)=CC(Cl)=[C]N1F. The molecule has 0 aromatic carbocycles. The van der Waals surface area contributed by atoms with Crippen LogP contribution in [0.5, 0.6) is 0 Å². The third-order valence-electron chi connectivity index (χ3n) is 0.853. The molecule has 0 amide bonds. The van der Waals surface area contributed by atoms with E-state index < -0.39 is 0 Å². The molecule has 1 rings (SSSR count). The Bertz CT molecular complexity index is 203. The standard InChI is InChI=1S/C4H3Cl2FN3/c5-3-1-4(6)10(8)9(7)2-3/h1H,8H2. The maximum atomic E-state index is 12.4. The largest absolute Gasteiger partial charge is 0.225 e. The Balaban J connectivity index is 2.85. The van der Waals surface area contributed by atoms with Gasteiger partial charge in [-0.05, 0) is 6.08 Å². The van der Waals surface area contributed by atoms with Crippen molar-refractivity contribution < 1.29 is 4.48 Å². The number of hydrazine groups is 2. The lowest BCUT2D eigenvalue weighted by molar-refractivity contribution is -0.112. The summed E-state index contributed by atoms with van der Waals surface area (Å²) in [7, 11) is 0. The van der Waals surface area contributed by atoms with Crippen molar-refractivity contribution >= 4 is 23.2 Å². The molecule has 10 heavy (non-hydrogen) atoms. The monoisotopic (exact) mass is 182 g/mol. The minimum absolute atomic E-state index is 0.00810. The molecule has 0 saturated heterocycles. The van der Waals surface area contributed by atoms with Gasteiger partial charge in [-0.2, -0.15) is 5.12 Å². The highest BCUT2D eigenvalue weighted by molar-refractivity contribution is 6.34. The Kier molecular flexibility index (Phi) is 2.03.